The Bertz CT molecular complexity index is 773. The molecule has 0 unspecified atom stereocenters. The number of nitrogens with one attached hydrogen (secondary N) is 1. The highest BCUT2D eigenvalue weighted by molar-refractivity contribution is 7.19. The lowest BCUT2D eigenvalue weighted by atomic mass is 10.2. The van der Waals surface area contributed by atoms with Gasteiger partial charge in [0.1, 0.15) is 5.69 Å². The molecule has 0 aliphatic carbocycles. The summed E-state index contributed by atoms with van der Waals surface area (Å²) in [5, 5.41) is 17.6. The zero-order valence-corrected chi connectivity index (χ0v) is 11.7. The highest BCUT2D eigenvalue weighted by Crippen LogP contribution is 2.25. The first-order valence-electron chi connectivity index (χ1n) is 6.24. The second kappa shape index (κ2) is 5.86. The molecular weight excluding hydrogens is 288 g/mol. The average molecular weight is 300 g/mol. The molecule has 3 rings (SSSR count). The Hall–Kier alpha value is -2.51. The van der Waals surface area contributed by atoms with Crippen molar-refractivity contribution in [3.05, 3.63) is 53.2 Å². The lowest BCUT2D eigenvalue weighted by molar-refractivity contribution is -0.124. The van der Waals surface area contributed by atoms with E-state index in [4.69, 9.17) is 5.21 Å². The van der Waals surface area contributed by atoms with Gasteiger partial charge in [0.2, 0.25) is 0 Å². The molecule has 106 valence electrons. The van der Waals surface area contributed by atoms with Crippen LogP contribution in [0.5, 0.6) is 0 Å². The maximum atomic E-state index is 10.9. The molecular formula is C14H12N4O2S. The van der Waals surface area contributed by atoms with E-state index in [1.54, 1.807) is 22.2 Å². The smallest absolute Gasteiger partial charge is 0.267 e. The summed E-state index contributed by atoms with van der Waals surface area (Å²) in [7, 11) is 0. The quantitative estimate of drug-likeness (QED) is 0.439. The van der Waals surface area contributed by atoms with E-state index in [0.29, 0.717) is 12.2 Å². The summed E-state index contributed by atoms with van der Waals surface area (Å²) in [6.45, 7) is 0.631. The Morgan fingerprint density at radius 2 is 2.29 bits per heavy atom. The summed E-state index contributed by atoms with van der Waals surface area (Å²) in [4.78, 5) is 12.1. The molecule has 0 atom stereocenters. The van der Waals surface area contributed by atoms with Crippen molar-refractivity contribution in [1.82, 2.24) is 20.5 Å². The largest absolute Gasteiger partial charge is 0.288 e. The third-order valence-electron chi connectivity index (χ3n) is 2.87. The number of aromatic nitrogens is 3. The van der Waals surface area contributed by atoms with E-state index in [-0.39, 0.29) is 0 Å². The Kier molecular flexibility index (Phi) is 3.76. The summed E-state index contributed by atoms with van der Waals surface area (Å²) in [5.41, 5.74) is 2.07. The van der Waals surface area contributed by atoms with Crippen LogP contribution in [0.25, 0.3) is 16.2 Å². The van der Waals surface area contributed by atoms with Gasteiger partial charge in [-0.15, -0.1) is 16.4 Å². The van der Waals surface area contributed by atoms with Gasteiger partial charge in [0.05, 0.1) is 12.7 Å². The normalized spacial score (nSPS) is 11.3. The van der Waals surface area contributed by atoms with Crippen molar-refractivity contribution in [3.63, 3.8) is 0 Å². The van der Waals surface area contributed by atoms with Gasteiger partial charge in [0.15, 0.2) is 0 Å². The number of fused-ring (bicyclic) bond motifs is 1. The van der Waals surface area contributed by atoms with Gasteiger partial charge in [0.25, 0.3) is 5.91 Å². The summed E-state index contributed by atoms with van der Waals surface area (Å²) < 4.78 is 2.95. The molecule has 0 bridgehead atoms. The molecule has 0 spiro atoms. The van der Waals surface area contributed by atoms with Crippen LogP contribution in [0.3, 0.4) is 0 Å². The Morgan fingerprint density at radius 1 is 1.43 bits per heavy atom. The number of nitrogens with zero attached hydrogens (tertiary/aromatic N) is 3. The summed E-state index contributed by atoms with van der Waals surface area (Å²) in [5.74, 6) is -0.603. The minimum absolute atomic E-state index is 0.555. The first-order chi connectivity index (χ1) is 10.2. The number of benzene rings is 1. The van der Waals surface area contributed by atoms with Crippen LogP contribution in [0.2, 0.25) is 0 Å². The van der Waals surface area contributed by atoms with Crippen molar-refractivity contribution in [2.24, 2.45) is 0 Å². The fourth-order valence-electron chi connectivity index (χ4n) is 1.94. The Balaban J connectivity index is 1.74. The summed E-state index contributed by atoms with van der Waals surface area (Å²) in [6, 6.07) is 10.3. The van der Waals surface area contributed by atoms with Crippen LogP contribution in [0.15, 0.2) is 42.6 Å². The number of rotatable bonds is 4. The number of carbonyl (C=O) groups excluding carboxylic acids is 1. The standard InChI is InChI=1S/C14H12N4O2S/c19-14(16-20)6-5-11-8-18(17-15-11)9-12-7-10-3-1-2-4-13(10)21-12/h1-8,20H,9H2,(H,16,19). The third kappa shape index (κ3) is 3.15. The zero-order valence-electron chi connectivity index (χ0n) is 10.9. The first-order valence-corrected chi connectivity index (χ1v) is 7.06. The molecule has 0 aliphatic heterocycles. The number of amides is 1. The molecule has 3 aromatic rings. The third-order valence-corrected chi connectivity index (χ3v) is 3.97. The summed E-state index contributed by atoms with van der Waals surface area (Å²) >= 11 is 1.72. The van der Waals surface area contributed by atoms with E-state index in [2.05, 4.69) is 28.5 Å². The van der Waals surface area contributed by atoms with Gasteiger partial charge < -0.3 is 0 Å². The zero-order chi connectivity index (χ0) is 14.7. The maximum Gasteiger partial charge on any atom is 0.267 e. The fourth-order valence-corrected chi connectivity index (χ4v) is 3.00. The van der Waals surface area contributed by atoms with Gasteiger partial charge in [0, 0.05) is 15.7 Å². The van der Waals surface area contributed by atoms with Gasteiger partial charge in [-0.25, -0.2) is 10.2 Å². The SMILES string of the molecule is O=C(C=Cc1cn(Cc2cc3ccccc3s2)nn1)NO. The van der Waals surface area contributed by atoms with E-state index in [9.17, 15) is 4.79 Å². The number of hydrogen-bond donors (Lipinski definition) is 2. The molecule has 1 amide bonds. The van der Waals surface area contributed by atoms with Crippen molar-refractivity contribution in [2.75, 3.05) is 0 Å². The highest BCUT2D eigenvalue weighted by atomic mass is 32.1. The first kappa shape index (κ1) is 13.5. The van der Waals surface area contributed by atoms with E-state index in [0.717, 1.165) is 0 Å². The number of hydrogen-bond acceptors (Lipinski definition) is 5. The highest BCUT2D eigenvalue weighted by Gasteiger charge is 2.04. The second-order valence-corrected chi connectivity index (χ2v) is 5.57. The van der Waals surface area contributed by atoms with Gasteiger partial charge in [-0.1, -0.05) is 23.4 Å². The van der Waals surface area contributed by atoms with Crippen LogP contribution in [0.1, 0.15) is 10.6 Å². The molecule has 0 saturated heterocycles. The Morgan fingerprint density at radius 3 is 3.10 bits per heavy atom. The molecule has 0 aliphatic rings. The van der Waals surface area contributed by atoms with Crippen LogP contribution in [0.4, 0.5) is 0 Å². The van der Waals surface area contributed by atoms with E-state index >= 15 is 0 Å². The minimum Gasteiger partial charge on any atom is -0.288 e. The van der Waals surface area contributed by atoms with Crippen molar-refractivity contribution >= 4 is 33.4 Å². The molecule has 0 radical (unpaired) electrons. The topological polar surface area (TPSA) is 80.0 Å². The van der Waals surface area contributed by atoms with E-state index in [1.807, 2.05) is 12.1 Å². The van der Waals surface area contributed by atoms with Crippen molar-refractivity contribution in [3.8, 4) is 0 Å². The molecule has 6 nitrogen and oxygen atoms in total. The van der Waals surface area contributed by atoms with Gasteiger partial charge in [-0.05, 0) is 23.6 Å². The monoisotopic (exact) mass is 300 g/mol. The lowest BCUT2D eigenvalue weighted by Crippen LogP contribution is -2.14. The average Bonchev–Trinajstić information content (AvgIpc) is 3.10. The fraction of sp³-hybridized carbons (Fsp3) is 0.0714. The molecule has 1 aromatic carbocycles. The van der Waals surface area contributed by atoms with Crippen LogP contribution >= 0.6 is 11.3 Å². The molecule has 21 heavy (non-hydrogen) atoms. The molecule has 0 saturated carbocycles. The number of carbonyl (C=O) groups is 1. The molecule has 2 heterocycles. The second-order valence-electron chi connectivity index (χ2n) is 4.40. The molecule has 2 N–H and O–H groups in total. The van der Waals surface area contributed by atoms with Gasteiger partial charge >= 0.3 is 0 Å². The molecule has 7 heteroatoms. The minimum atomic E-state index is -0.603. The van der Waals surface area contributed by atoms with Crippen LogP contribution in [0, 0.1) is 0 Å². The van der Waals surface area contributed by atoms with Crippen molar-refractivity contribution < 1.29 is 10.0 Å². The number of hydroxylamine groups is 1. The van der Waals surface area contributed by atoms with Crippen LogP contribution in [-0.2, 0) is 11.3 Å². The summed E-state index contributed by atoms with van der Waals surface area (Å²) in [6.07, 6.45) is 4.42. The van der Waals surface area contributed by atoms with Crippen LogP contribution in [-0.4, -0.2) is 26.1 Å². The molecule has 2 aromatic heterocycles. The van der Waals surface area contributed by atoms with Gasteiger partial charge in [-0.2, -0.15) is 0 Å². The number of thiophene rings is 1. The van der Waals surface area contributed by atoms with Gasteiger partial charge in [-0.3, -0.25) is 10.0 Å². The van der Waals surface area contributed by atoms with E-state index < -0.39 is 5.91 Å². The molecule has 0 fully saturated rings. The lowest BCUT2D eigenvalue weighted by Gasteiger charge is -1.94. The predicted molar refractivity (Wildman–Crippen MR) is 79.9 cm³/mol. The van der Waals surface area contributed by atoms with E-state index in [1.165, 1.54) is 32.6 Å². The Labute approximate surface area is 124 Å². The maximum absolute atomic E-state index is 10.9. The predicted octanol–water partition coefficient (Wildman–Crippen LogP) is 2.06. The van der Waals surface area contributed by atoms with Crippen molar-refractivity contribution in [2.45, 2.75) is 6.54 Å². The van der Waals surface area contributed by atoms with Crippen molar-refractivity contribution in [1.29, 1.82) is 0 Å². The van der Waals surface area contributed by atoms with Crippen LogP contribution < -0.4 is 5.48 Å².